The quantitative estimate of drug-likeness (QED) is 0.535. The standard InChI is InChI=1S/C3H8N2O4S2/c1-10(6,7)5-3-2-4-11(5,8)9/h4H,2-3H2,1H3. The first-order chi connectivity index (χ1) is 4.84. The normalized spacial score (nSPS) is 25.5. The topological polar surface area (TPSA) is 83.6 Å². The smallest absolute Gasteiger partial charge is 0.211 e. The molecule has 0 unspecified atom stereocenters. The second-order valence-corrected chi connectivity index (χ2v) is 5.98. The largest absolute Gasteiger partial charge is 0.292 e. The van der Waals surface area contributed by atoms with Crippen molar-refractivity contribution in [2.75, 3.05) is 19.3 Å². The van der Waals surface area contributed by atoms with Gasteiger partial charge in [-0.05, 0) is 0 Å². The van der Waals surface area contributed by atoms with Gasteiger partial charge in [0.15, 0.2) is 0 Å². The molecule has 0 aliphatic carbocycles. The van der Waals surface area contributed by atoms with Gasteiger partial charge in [-0.2, -0.15) is 13.1 Å². The Bertz CT molecular complexity index is 342. The van der Waals surface area contributed by atoms with Gasteiger partial charge < -0.3 is 0 Å². The summed E-state index contributed by atoms with van der Waals surface area (Å²) in [5, 5.41) is 0. The maximum atomic E-state index is 10.8. The Morgan fingerprint density at radius 3 is 2.18 bits per heavy atom. The lowest BCUT2D eigenvalue weighted by Crippen LogP contribution is -2.34. The zero-order valence-electron chi connectivity index (χ0n) is 5.81. The van der Waals surface area contributed by atoms with Gasteiger partial charge in [0.05, 0.1) is 6.26 Å². The summed E-state index contributed by atoms with van der Waals surface area (Å²) < 4.78 is 45.7. The zero-order valence-corrected chi connectivity index (χ0v) is 7.44. The fourth-order valence-corrected chi connectivity index (χ4v) is 3.63. The summed E-state index contributed by atoms with van der Waals surface area (Å²) in [7, 11) is -7.38. The molecule has 0 amide bonds. The van der Waals surface area contributed by atoms with Crippen LogP contribution in [0.25, 0.3) is 0 Å². The van der Waals surface area contributed by atoms with E-state index in [1.165, 1.54) is 0 Å². The molecule has 1 N–H and O–H groups in total. The van der Waals surface area contributed by atoms with E-state index in [0.717, 1.165) is 6.26 Å². The van der Waals surface area contributed by atoms with Crippen molar-refractivity contribution in [2.45, 2.75) is 0 Å². The molecule has 0 saturated carbocycles. The second-order valence-electron chi connectivity index (χ2n) is 2.16. The Morgan fingerprint density at radius 1 is 1.45 bits per heavy atom. The van der Waals surface area contributed by atoms with E-state index in [0.29, 0.717) is 3.71 Å². The third kappa shape index (κ3) is 1.70. The number of hydrogen-bond donors (Lipinski definition) is 1. The maximum absolute atomic E-state index is 10.8. The third-order valence-electron chi connectivity index (χ3n) is 1.22. The second kappa shape index (κ2) is 2.41. The molecular formula is C3H8N2O4S2. The lowest BCUT2D eigenvalue weighted by molar-refractivity contribution is 0.525. The van der Waals surface area contributed by atoms with Crippen LogP contribution < -0.4 is 4.72 Å². The number of sulfonamides is 1. The SMILES string of the molecule is CS(=O)(=O)N1CCNS1(=O)=O. The van der Waals surface area contributed by atoms with Crippen molar-refractivity contribution in [3.05, 3.63) is 0 Å². The Hall–Kier alpha value is -0.180. The van der Waals surface area contributed by atoms with Gasteiger partial charge in [-0.25, -0.2) is 8.42 Å². The summed E-state index contributed by atoms with van der Waals surface area (Å²) in [6.07, 6.45) is 0.859. The predicted molar refractivity (Wildman–Crippen MR) is 38.5 cm³/mol. The minimum Gasteiger partial charge on any atom is -0.211 e. The first-order valence-electron chi connectivity index (χ1n) is 2.81. The molecule has 1 fully saturated rings. The van der Waals surface area contributed by atoms with E-state index < -0.39 is 20.2 Å². The molecule has 1 saturated heterocycles. The van der Waals surface area contributed by atoms with Gasteiger partial charge in [-0.15, -0.1) is 0 Å². The average Bonchev–Trinajstić information content (AvgIpc) is 2.06. The van der Waals surface area contributed by atoms with Crippen LogP contribution in [0.5, 0.6) is 0 Å². The molecule has 6 nitrogen and oxygen atoms in total. The molecule has 1 rings (SSSR count). The summed E-state index contributed by atoms with van der Waals surface area (Å²) in [6.45, 7) is 0.135. The van der Waals surface area contributed by atoms with Crippen LogP contribution >= 0.6 is 0 Å². The highest BCUT2D eigenvalue weighted by Crippen LogP contribution is 2.08. The number of hydrogen-bond acceptors (Lipinski definition) is 4. The highest BCUT2D eigenvalue weighted by atomic mass is 32.3. The summed E-state index contributed by atoms with van der Waals surface area (Å²) in [6, 6.07) is 0. The molecule has 0 bridgehead atoms. The van der Waals surface area contributed by atoms with Crippen LogP contribution in [-0.2, 0) is 20.2 Å². The fourth-order valence-electron chi connectivity index (χ4n) is 0.802. The highest BCUT2D eigenvalue weighted by molar-refractivity contribution is 8.03. The zero-order chi connectivity index (χ0) is 8.70. The van der Waals surface area contributed by atoms with Gasteiger partial charge >= 0.3 is 0 Å². The van der Waals surface area contributed by atoms with E-state index in [9.17, 15) is 16.8 Å². The molecule has 0 aromatic carbocycles. The van der Waals surface area contributed by atoms with Gasteiger partial charge in [0.25, 0.3) is 10.2 Å². The minimum atomic E-state index is -3.75. The number of nitrogens with one attached hydrogen (secondary N) is 1. The van der Waals surface area contributed by atoms with Gasteiger partial charge in [0.1, 0.15) is 0 Å². The van der Waals surface area contributed by atoms with E-state index >= 15 is 0 Å². The van der Waals surface area contributed by atoms with E-state index in [4.69, 9.17) is 0 Å². The van der Waals surface area contributed by atoms with Gasteiger partial charge in [-0.3, -0.25) is 0 Å². The molecule has 0 spiro atoms. The van der Waals surface area contributed by atoms with Crippen LogP contribution in [0.1, 0.15) is 0 Å². The Labute approximate surface area is 65.4 Å². The van der Waals surface area contributed by atoms with Crippen molar-refractivity contribution in [3.8, 4) is 0 Å². The Balaban J connectivity index is 3.11. The number of rotatable bonds is 1. The van der Waals surface area contributed by atoms with Crippen LogP contribution in [0.15, 0.2) is 0 Å². The summed E-state index contributed by atoms with van der Waals surface area (Å²) in [5.74, 6) is 0. The van der Waals surface area contributed by atoms with Crippen molar-refractivity contribution in [1.29, 1.82) is 0 Å². The average molecular weight is 200 g/mol. The molecule has 0 radical (unpaired) electrons. The highest BCUT2D eigenvalue weighted by Gasteiger charge is 2.34. The third-order valence-corrected chi connectivity index (χ3v) is 4.83. The lowest BCUT2D eigenvalue weighted by atomic mass is 10.7. The van der Waals surface area contributed by atoms with Crippen molar-refractivity contribution in [1.82, 2.24) is 8.43 Å². The Kier molecular flexibility index (Phi) is 1.95. The first-order valence-corrected chi connectivity index (χ1v) is 6.10. The molecule has 1 aliphatic rings. The molecule has 1 aliphatic heterocycles. The molecular weight excluding hydrogens is 192 g/mol. The summed E-state index contributed by atoms with van der Waals surface area (Å²) in [4.78, 5) is 0. The molecule has 66 valence electrons. The molecule has 0 atom stereocenters. The number of nitrogens with zero attached hydrogens (tertiary/aromatic N) is 1. The summed E-state index contributed by atoms with van der Waals surface area (Å²) >= 11 is 0. The van der Waals surface area contributed by atoms with Gasteiger partial charge in [0.2, 0.25) is 10.0 Å². The molecule has 0 aromatic rings. The van der Waals surface area contributed by atoms with Crippen molar-refractivity contribution < 1.29 is 16.8 Å². The van der Waals surface area contributed by atoms with Crippen LogP contribution in [0.3, 0.4) is 0 Å². The molecule has 8 heteroatoms. The van der Waals surface area contributed by atoms with E-state index in [-0.39, 0.29) is 13.1 Å². The van der Waals surface area contributed by atoms with Gasteiger partial charge in [0, 0.05) is 13.1 Å². The molecule has 0 aromatic heterocycles. The van der Waals surface area contributed by atoms with Crippen LogP contribution in [0, 0.1) is 0 Å². The van der Waals surface area contributed by atoms with Crippen LogP contribution in [-0.4, -0.2) is 39.9 Å². The van der Waals surface area contributed by atoms with E-state index in [1.54, 1.807) is 0 Å². The monoisotopic (exact) mass is 200 g/mol. The fraction of sp³-hybridized carbons (Fsp3) is 1.00. The van der Waals surface area contributed by atoms with Crippen molar-refractivity contribution in [3.63, 3.8) is 0 Å². The maximum Gasteiger partial charge on any atom is 0.292 e. The Morgan fingerprint density at radius 2 is 2.00 bits per heavy atom. The predicted octanol–water partition coefficient (Wildman–Crippen LogP) is -1.90. The van der Waals surface area contributed by atoms with Crippen molar-refractivity contribution in [2.24, 2.45) is 0 Å². The van der Waals surface area contributed by atoms with Crippen LogP contribution in [0.4, 0.5) is 0 Å². The lowest BCUT2D eigenvalue weighted by Gasteiger charge is -2.08. The minimum absolute atomic E-state index is 0.0127. The van der Waals surface area contributed by atoms with Crippen LogP contribution in [0.2, 0.25) is 0 Å². The first kappa shape index (κ1) is 8.91. The molecule has 11 heavy (non-hydrogen) atoms. The van der Waals surface area contributed by atoms with Gasteiger partial charge in [-0.1, -0.05) is 3.71 Å². The molecule has 1 heterocycles. The summed E-state index contributed by atoms with van der Waals surface area (Å²) in [5.41, 5.74) is 0. The van der Waals surface area contributed by atoms with Crippen molar-refractivity contribution >= 4 is 20.2 Å². The van der Waals surface area contributed by atoms with E-state index in [2.05, 4.69) is 4.72 Å². The van der Waals surface area contributed by atoms with E-state index in [1.807, 2.05) is 0 Å².